The van der Waals surface area contributed by atoms with Crippen molar-refractivity contribution < 1.29 is 0 Å². The first-order valence-corrected chi connectivity index (χ1v) is 4.67. The number of nitrogens with two attached hydrogens (primary N) is 1. The Labute approximate surface area is 87.9 Å². The van der Waals surface area contributed by atoms with Crippen molar-refractivity contribution >= 4 is 11.5 Å². The molecule has 0 amide bonds. The minimum absolute atomic E-state index is 0.670. The molecule has 2 aromatic rings. The van der Waals surface area contributed by atoms with E-state index in [-0.39, 0.29) is 0 Å². The van der Waals surface area contributed by atoms with E-state index in [9.17, 15) is 0 Å². The molecular weight excluding hydrogens is 190 g/mol. The van der Waals surface area contributed by atoms with Gasteiger partial charge in [-0.25, -0.2) is 0 Å². The zero-order chi connectivity index (χ0) is 10.7. The molecule has 0 radical (unpaired) electrons. The monoisotopic (exact) mass is 203 g/mol. The Morgan fingerprint density at radius 1 is 1.40 bits per heavy atom. The van der Waals surface area contributed by atoms with Crippen LogP contribution in [0.15, 0.2) is 30.7 Å². The van der Waals surface area contributed by atoms with Gasteiger partial charge in [0.1, 0.15) is 5.82 Å². The molecule has 0 atom stereocenters. The molecule has 2 heterocycles. The molecule has 0 unspecified atom stereocenters. The van der Waals surface area contributed by atoms with Crippen LogP contribution < -0.4 is 11.1 Å². The third kappa shape index (κ3) is 2.07. The highest BCUT2D eigenvalue weighted by atomic mass is 15.3. The summed E-state index contributed by atoms with van der Waals surface area (Å²) in [7, 11) is 1.82. The maximum atomic E-state index is 5.81. The van der Waals surface area contributed by atoms with E-state index in [2.05, 4.69) is 15.4 Å². The Kier molecular flexibility index (Phi) is 2.53. The molecule has 0 saturated carbocycles. The van der Waals surface area contributed by atoms with Crippen LogP contribution in [0.2, 0.25) is 0 Å². The molecule has 0 aliphatic heterocycles. The van der Waals surface area contributed by atoms with Crippen molar-refractivity contribution in [3.8, 4) is 0 Å². The Balaban J connectivity index is 2.02. The Morgan fingerprint density at radius 3 is 2.73 bits per heavy atom. The molecule has 5 heteroatoms. The van der Waals surface area contributed by atoms with E-state index in [1.165, 1.54) is 0 Å². The van der Waals surface area contributed by atoms with E-state index in [0.717, 1.165) is 11.3 Å². The molecule has 2 aromatic heterocycles. The second-order valence-electron chi connectivity index (χ2n) is 3.27. The highest BCUT2D eigenvalue weighted by Gasteiger charge is 2.03. The smallest absolute Gasteiger partial charge is 0.126 e. The number of hydrogen-bond acceptors (Lipinski definition) is 4. The number of aryl methyl sites for hydroxylation is 1. The van der Waals surface area contributed by atoms with E-state index >= 15 is 0 Å². The van der Waals surface area contributed by atoms with Gasteiger partial charge >= 0.3 is 0 Å². The van der Waals surface area contributed by atoms with Gasteiger partial charge in [-0.2, -0.15) is 5.10 Å². The average Bonchev–Trinajstić information content (AvgIpc) is 2.59. The third-order valence-corrected chi connectivity index (χ3v) is 2.23. The standard InChI is InChI=1S/C10H13N5/c1-15-10(11)8(7-14-15)6-13-9-2-4-12-5-3-9/h2-5,7H,6,11H2,1H3,(H,12,13). The zero-order valence-electron chi connectivity index (χ0n) is 8.51. The molecule has 3 N–H and O–H groups in total. The van der Waals surface area contributed by atoms with Gasteiger partial charge in [0, 0.05) is 37.2 Å². The van der Waals surface area contributed by atoms with Crippen molar-refractivity contribution in [1.29, 1.82) is 0 Å². The normalized spacial score (nSPS) is 10.2. The summed E-state index contributed by atoms with van der Waals surface area (Å²) in [4.78, 5) is 3.94. The van der Waals surface area contributed by atoms with E-state index in [1.54, 1.807) is 23.3 Å². The van der Waals surface area contributed by atoms with Gasteiger partial charge in [-0.1, -0.05) is 0 Å². The maximum absolute atomic E-state index is 5.81. The number of pyridine rings is 1. The van der Waals surface area contributed by atoms with Crippen LogP contribution in [0, 0.1) is 0 Å². The van der Waals surface area contributed by atoms with E-state index in [4.69, 9.17) is 5.73 Å². The second kappa shape index (κ2) is 4.00. The average molecular weight is 203 g/mol. The Morgan fingerprint density at radius 2 is 2.13 bits per heavy atom. The van der Waals surface area contributed by atoms with Crippen LogP contribution in [0.4, 0.5) is 11.5 Å². The fourth-order valence-electron chi connectivity index (χ4n) is 1.30. The molecule has 0 aliphatic rings. The predicted octanol–water partition coefficient (Wildman–Crippen LogP) is 1.01. The van der Waals surface area contributed by atoms with Gasteiger partial charge in [0.05, 0.1) is 6.20 Å². The van der Waals surface area contributed by atoms with Crippen LogP contribution in [0.25, 0.3) is 0 Å². The van der Waals surface area contributed by atoms with Gasteiger partial charge in [0.25, 0.3) is 0 Å². The highest BCUT2D eigenvalue weighted by Crippen LogP contribution is 2.12. The minimum atomic E-state index is 0.670. The molecule has 2 rings (SSSR count). The number of hydrogen-bond donors (Lipinski definition) is 2. The molecule has 0 spiro atoms. The van der Waals surface area contributed by atoms with Crippen LogP contribution in [0.3, 0.4) is 0 Å². The first-order chi connectivity index (χ1) is 7.27. The lowest BCUT2D eigenvalue weighted by atomic mass is 10.3. The molecule has 0 fully saturated rings. The minimum Gasteiger partial charge on any atom is -0.384 e. The highest BCUT2D eigenvalue weighted by molar-refractivity contribution is 5.45. The predicted molar refractivity (Wildman–Crippen MR) is 59.2 cm³/mol. The fraction of sp³-hybridized carbons (Fsp3) is 0.200. The number of rotatable bonds is 3. The first-order valence-electron chi connectivity index (χ1n) is 4.67. The summed E-state index contributed by atoms with van der Waals surface area (Å²) in [5.41, 5.74) is 7.83. The maximum Gasteiger partial charge on any atom is 0.126 e. The van der Waals surface area contributed by atoms with Gasteiger partial charge in [0.2, 0.25) is 0 Å². The van der Waals surface area contributed by atoms with Crippen molar-refractivity contribution in [2.24, 2.45) is 7.05 Å². The Bertz CT molecular complexity index is 434. The van der Waals surface area contributed by atoms with Crippen LogP contribution in [0.1, 0.15) is 5.56 Å². The number of nitrogen functional groups attached to an aromatic ring is 1. The number of aromatic nitrogens is 3. The lowest BCUT2D eigenvalue weighted by Gasteiger charge is -2.04. The summed E-state index contributed by atoms with van der Waals surface area (Å²) in [6.07, 6.45) is 5.26. The topological polar surface area (TPSA) is 68.8 Å². The summed E-state index contributed by atoms with van der Waals surface area (Å²) >= 11 is 0. The van der Waals surface area contributed by atoms with Gasteiger partial charge in [0.15, 0.2) is 0 Å². The molecule has 0 saturated heterocycles. The lowest BCUT2D eigenvalue weighted by molar-refractivity contribution is 0.778. The van der Waals surface area contributed by atoms with E-state index in [0.29, 0.717) is 12.4 Å². The molecule has 0 aromatic carbocycles. The van der Waals surface area contributed by atoms with Gasteiger partial charge in [-0.15, -0.1) is 0 Å². The Hall–Kier alpha value is -2.04. The van der Waals surface area contributed by atoms with Gasteiger partial charge in [-0.05, 0) is 12.1 Å². The molecular formula is C10H13N5. The van der Waals surface area contributed by atoms with Crippen LogP contribution in [-0.2, 0) is 13.6 Å². The lowest BCUT2D eigenvalue weighted by Crippen LogP contribution is -2.03. The molecule has 0 aliphatic carbocycles. The van der Waals surface area contributed by atoms with Gasteiger partial charge in [-0.3, -0.25) is 9.67 Å². The fourth-order valence-corrected chi connectivity index (χ4v) is 1.30. The van der Waals surface area contributed by atoms with E-state index < -0.39 is 0 Å². The van der Waals surface area contributed by atoms with Crippen molar-refractivity contribution in [2.45, 2.75) is 6.54 Å². The van der Waals surface area contributed by atoms with Gasteiger partial charge < -0.3 is 11.1 Å². The zero-order valence-corrected chi connectivity index (χ0v) is 8.51. The second-order valence-corrected chi connectivity index (χ2v) is 3.27. The summed E-state index contributed by atoms with van der Waals surface area (Å²) in [6.45, 7) is 0.670. The van der Waals surface area contributed by atoms with Crippen molar-refractivity contribution in [3.63, 3.8) is 0 Å². The summed E-state index contributed by atoms with van der Waals surface area (Å²) in [6, 6.07) is 3.82. The van der Waals surface area contributed by atoms with E-state index in [1.807, 2.05) is 19.2 Å². The third-order valence-electron chi connectivity index (χ3n) is 2.23. The molecule has 0 bridgehead atoms. The number of anilines is 2. The summed E-state index contributed by atoms with van der Waals surface area (Å²) < 4.78 is 1.66. The first kappa shape index (κ1) is 9.51. The number of nitrogens with one attached hydrogen (secondary N) is 1. The van der Waals surface area contributed by atoms with Crippen LogP contribution in [-0.4, -0.2) is 14.8 Å². The molecule has 15 heavy (non-hydrogen) atoms. The van der Waals surface area contributed by atoms with Crippen molar-refractivity contribution in [1.82, 2.24) is 14.8 Å². The summed E-state index contributed by atoms with van der Waals surface area (Å²) in [5.74, 6) is 0.691. The summed E-state index contributed by atoms with van der Waals surface area (Å²) in [5, 5.41) is 7.31. The van der Waals surface area contributed by atoms with Crippen LogP contribution >= 0.6 is 0 Å². The van der Waals surface area contributed by atoms with Crippen LogP contribution in [0.5, 0.6) is 0 Å². The molecule has 78 valence electrons. The SMILES string of the molecule is Cn1ncc(CNc2ccncc2)c1N. The quantitative estimate of drug-likeness (QED) is 0.781. The number of nitrogens with zero attached hydrogens (tertiary/aromatic N) is 3. The molecule has 5 nitrogen and oxygen atoms in total. The van der Waals surface area contributed by atoms with Crippen molar-refractivity contribution in [3.05, 3.63) is 36.3 Å². The largest absolute Gasteiger partial charge is 0.384 e. The van der Waals surface area contributed by atoms with Crippen molar-refractivity contribution in [2.75, 3.05) is 11.1 Å².